The smallest absolute Gasteiger partial charge is 0.408 e. The van der Waals surface area contributed by atoms with Gasteiger partial charge in [-0.2, -0.15) is 0 Å². The second-order valence-electron chi connectivity index (χ2n) is 10.6. The predicted octanol–water partition coefficient (Wildman–Crippen LogP) is 5.37. The molecular weight excluding hydrogens is 432 g/mol. The molecule has 1 saturated heterocycles. The van der Waals surface area contributed by atoms with Gasteiger partial charge >= 0.3 is 12.1 Å². The van der Waals surface area contributed by atoms with Crippen molar-refractivity contribution in [1.82, 2.24) is 5.32 Å². The van der Waals surface area contributed by atoms with Crippen LogP contribution in [-0.4, -0.2) is 35.4 Å². The molecule has 0 unspecified atom stereocenters. The van der Waals surface area contributed by atoms with E-state index in [2.05, 4.69) is 22.8 Å². The lowest BCUT2D eigenvalue weighted by molar-refractivity contribution is -0.166. The van der Waals surface area contributed by atoms with Gasteiger partial charge in [0.2, 0.25) is 0 Å². The lowest BCUT2D eigenvalue weighted by Crippen LogP contribution is -2.59. The van der Waals surface area contributed by atoms with Crippen LogP contribution in [0.2, 0.25) is 0 Å². The second kappa shape index (κ2) is 10.1. The summed E-state index contributed by atoms with van der Waals surface area (Å²) in [6.07, 6.45) is -1.12. The zero-order valence-electron chi connectivity index (χ0n) is 20.9. The number of ether oxygens (including phenoxy) is 3. The van der Waals surface area contributed by atoms with Crippen molar-refractivity contribution in [2.24, 2.45) is 0 Å². The molecule has 1 heterocycles. The Morgan fingerprint density at radius 1 is 0.941 bits per heavy atom. The Hall–Kier alpha value is -3.06. The van der Waals surface area contributed by atoms with Crippen LogP contribution in [0.25, 0.3) is 0 Å². The summed E-state index contributed by atoms with van der Waals surface area (Å²) in [6, 6.07) is 17.8. The highest BCUT2D eigenvalue weighted by atomic mass is 16.6. The highest BCUT2D eigenvalue weighted by Crippen LogP contribution is 2.40. The number of nitrogens with one attached hydrogen (secondary N) is 2. The molecule has 1 aliphatic rings. The molecule has 0 bridgehead atoms. The summed E-state index contributed by atoms with van der Waals surface area (Å²) in [5.74, 6) is -0.542. The average molecular weight is 469 g/mol. The van der Waals surface area contributed by atoms with E-state index in [-0.39, 0.29) is 6.42 Å². The van der Waals surface area contributed by atoms with Gasteiger partial charge < -0.3 is 24.8 Å². The van der Waals surface area contributed by atoms with Crippen LogP contribution in [0, 0.1) is 0 Å². The molecule has 0 spiro atoms. The number of hydrogen-bond acceptors (Lipinski definition) is 6. The van der Waals surface area contributed by atoms with Crippen molar-refractivity contribution in [3.8, 4) is 0 Å². The van der Waals surface area contributed by atoms with Gasteiger partial charge in [-0.05, 0) is 64.8 Å². The molecule has 2 atom stereocenters. The van der Waals surface area contributed by atoms with Crippen molar-refractivity contribution in [3.63, 3.8) is 0 Å². The lowest BCUT2D eigenvalue weighted by atomic mass is 9.86. The lowest BCUT2D eigenvalue weighted by Gasteiger charge is -2.36. The van der Waals surface area contributed by atoms with Crippen molar-refractivity contribution in [3.05, 3.63) is 65.7 Å². The van der Waals surface area contributed by atoms with Gasteiger partial charge in [0.1, 0.15) is 17.3 Å². The van der Waals surface area contributed by atoms with Crippen LogP contribution < -0.4 is 10.6 Å². The molecule has 2 N–H and O–H groups in total. The number of carbonyl (C=O) groups excluding carboxylic acids is 2. The summed E-state index contributed by atoms with van der Waals surface area (Å²) < 4.78 is 17.2. The van der Waals surface area contributed by atoms with Gasteiger partial charge in [-0.1, -0.05) is 42.5 Å². The molecule has 0 aliphatic carbocycles. The van der Waals surface area contributed by atoms with Crippen LogP contribution in [0.3, 0.4) is 0 Å². The first kappa shape index (κ1) is 25.6. The normalized spacial score (nSPS) is 20.5. The summed E-state index contributed by atoms with van der Waals surface area (Å²) in [7, 11) is 0. The van der Waals surface area contributed by atoms with Crippen LogP contribution in [0.4, 0.5) is 10.5 Å². The van der Waals surface area contributed by atoms with E-state index >= 15 is 0 Å². The molecule has 0 radical (unpaired) electrons. The summed E-state index contributed by atoms with van der Waals surface area (Å²) >= 11 is 0. The largest absolute Gasteiger partial charge is 0.458 e. The molecule has 2 aromatic rings. The summed E-state index contributed by atoms with van der Waals surface area (Å²) in [6.45, 7) is 11.7. The molecule has 1 aliphatic heterocycles. The van der Waals surface area contributed by atoms with E-state index in [0.717, 1.165) is 11.3 Å². The molecule has 0 saturated carbocycles. The minimum atomic E-state index is -1.39. The van der Waals surface area contributed by atoms with E-state index in [1.54, 1.807) is 41.5 Å². The predicted molar refractivity (Wildman–Crippen MR) is 131 cm³/mol. The van der Waals surface area contributed by atoms with Crippen LogP contribution in [0.1, 0.15) is 65.2 Å². The van der Waals surface area contributed by atoms with E-state index in [4.69, 9.17) is 14.2 Å². The molecule has 1 fully saturated rings. The number of carbonyl (C=O) groups is 2. The van der Waals surface area contributed by atoms with Crippen molar-refractivity contribution in [2.75, 3.05) is 11.9 Å². The van der Waals surface area contributed by atoms with Gasteiger partial charge in [0.15, 0.2) is 5.54 Å². The third-order valence-electron chi connectivity index (χ3n) is 5.27. The van der Waals surface area contributed by atoms with E-state index < -0.39 is 34.9 Å². The van der Waals surface area contributed by atoms with Crippen LogP contribution in [-0.2, 0) is 25.5 Å². The molecular formula is C27H36N2O5. The maximum atomic E-state index is 13.4. The van der Waals surface area contributed by atoms with Crippen molar-refractivity contribution in [2.45, 2.75) is 77.4 Å². The number of amides is 1. The molecule has 184 valence electrons. The van der Waals surface area contributed by atoms with Crippen LogP contribution >= 0.6 is 0 Å². The number of esters is 1. The number of rotatable bonds is 6. The molecule has 1 amide bonds. The summed E-state index contributed by atoms with van der Waals surface area (Å²) in [5, 5.41) is 6.19. The SMILES string of the molecule is CC(C)(C)OC(=O)N[C@@]1(C(=O)OC(C)(C)C)CCO[C@@H]1c1ccc(NCc2ccccc2)cc1. The monoisotopic (exact) mass is 468 g/mol. The standard InChI is InChI=1S/C27H36N2O5/c1-25(2,3)33-23(30)27(29-24(31)34-26(4,5)6)16-17-32-22(27)20-12-14-21(15-13-20)28-18-19-10-8-7-9-11-19/h7-15,22,28H,16-18H2,1-6H3,(H,29,31)/t22-,27+/m1/s1. The Morgan fingerprint density at radius 2 is 1.56 bits per heavy atom. The topological polar surface area (TPSA) is 85.9 Å². The Morgan fingerprint density at radius 3 is 2.15 bits per heavy atom. The Balaban J connectivity index is 1.83. The van der Waals surface area contributed by atoms with Gasteiger partial charge in [-0.15, -0.1) is 0 Å². The van der Waals surface area contributed by atoms with Crippen LogP contribution in [0.15, 0.2) is 54.6 Å². The van der Waals surface area contributed by atoms with Crippen molar-refractivity contribution >= 4 is 17.7 Å². The van der Waals surface area contributed by atoms with E-state index in [1.165, 1.54) is 5.56 Å². The molecule has 7 nitrogen and oxygen atoms in total. The van der Waals surface area contributed by atoms with Crippen molar-refractivity contribution < 1.29 is 23.8 Å². The van der Waals surface area contributed by atoms with E-state index in [1.807, 2.05) is 42.5 Å². The van der Waals surface area contributed by atoms with Gasteiger partial charge in [0.05, 0.1) is 6.61 Å². The maximum Gasteiger partial charge on any atom is 0.408 e. The third kappa shape index (κ3) is 6.73. The second-order valence-corrected chi connectivity index (χ2v) is 10.6. The van der Waals surface area contributed by atoms with Gasteiger partial charge in [0, 0.05) is 18.7 Å². The molecule has 3 rings (SSSR count). The first-order valence-corrected chi connectivity index (χ1v) is 11.6. The molecule has 0 aromatic heterocycles. The Kier molecular flexibility index (Phi) is 7.56. The number of benzene rings is 2. The first-order valence-electron chi connectivity index (χ1n) is 11.6. The third-order valence-corrected chi connectivity index (χ3v) is 5.27. The minimum Gasteiger partial charge on any atom is -0.458 e. The molecule has 7 heteroatoms. The fraction of sp³-hybridized carbons (Fsp3) is 0.481. The van der Waals surface area contributed by atoms with Gasteiger partial charge in [-0.25, -0.2) is 9.59 Å². The fourth-order valence-corrected chi connectivity index (χ4v) is 3.81. The van der Waals surface area contributed by atoms with E-state index in [9.17, 15) is 9.59 Å². The average Bonchev–Trinajstić information content (AvgIpc) is 3.15. The fourth-order valence-electron chi connectivity index (χ4n) is 3.81. The summed E-state index contributed by atoms with van der Waals surface area (Å²) in [4.78, 5) is 26.1. The first-order chi connectivity index (χ1) is 15.9. The number of hydrogen-bond donors (Lipinski definition) is 2. The van der Waals surface area contributed by atoms with E-state index in [0.29, 0.717) is 13.2 Å². The van der Waals surface area contributed by atoms with Gasteiger partial charge in [0.25, 0.3) is 0 Å². The molecule has 2 aromatic carbocycles. The van der Waals surface area contributed by atoms with Crippen molar-refractivity contribution in [1.29, 1.82) is 0 Å². The molecule has 34 heavy (non-hydrogen) atoms. The quantitative estimate of drug-likeness (QED) is 0.555. The minimum absolute atomic E-state index is 0.278. The zero-order valence-corrected chi connectivity index (χ0v) is 20.9. The Labute approximate surface area is 202 Å². The highest BCUT2D eigenvalue weighted by Gasteiger charge is 2.55. The highest BCUT2D eigenvalue weighted by molar-refractivity contribution is 5.87. The summed E-state index contributed by atoms with van der Waals surface area (Å²) in [5.41, 5.74) is 0.0572. The van der Waals surface area contributed by atoms with Crippen LogP contribution in [0.5, 0.6) is 0 Å². The number of anilines is 1. The maximum absolute atomic E-state index is 13.4. The van der Waals surface area contributed by atoms with Gasteiger partial charge in [-0.3, -0.25) is 0 Å². The Bertz CT molecular complexity index is 977. The number of alkyl carbamates (subject to hydrolysis) is 1. The zero-order chi connectivity index (χ0) is 25.0.